The lowest BCUT2D eigenvalue weighted by molar-refractivity contribution is -0.134. The number of rotatable bonds is 17. The normalized spacial score (nSPS) is 11.1. The molecule has 0 saturated carbocycles. The lowest BCUT2D eigenvalue weighted by Gasteiger charge is -2.06. The molecule has 2 rings (SSSR count). The van der Waals surface area contributed by atoms with E-state index in [0.29, 0.717) is 12.2 Å². The summed E-state index contributed by atoms with van der Waals surface area (Å²) in [6, 6.07) is 14.0. The molecule has 0 heterocycles. The lowest BCUT2D eigenvalue weighted by atomic mass is 10.0. The number of carbonyl (C=O) groups excluding carboxylic acids is 1. The minimum Gasteiger partial charge on any atom is -0.427 e. The van der Waals surface area contributed by atoms with Crippen molar-refractivity contribution in [3.8, 4) is 5.75 Å². The summed E-state index contributed by atoms with van der Waals surface area (Å²) < 4.78 is 5.50. The van der Waals surface area contributed by atoms with E-state index in [1.54, 1.807) is 0 Å². The van der Waals surface area contributed by atoms with Crippen LogP contribution in [0.1, 0.15) is 110 Å². The molecule has 0 fully saturated rings. The molecule has 0 bridgehead atoms. The number of benzene rings is 2. The van der Waals surface area contributed by atoms with E-state index in [-0.39, 0.29) is 5.97 Å². The van der Waals surface area contributed by atoms with Crippen LogP contribution in [0.4, 0.5) is 0 Å². The summed E-state index contributed by atoms with van der Waals surface area (Å²) in [6.07, 6.45) is 20.5. The number of hydrogen-bond acceptors (Lipinski definition) is 2. The minimum absolute atomic E-state index is 0.111. The van der Waals surface area contributed by atoms with Crippen LogP contribution in [0.15, 0.2) is 42.5 Å². The van der Waals surface area contributed by atoms with Crippen molar-refractivity contribution in [1.29, 1.82) is 0 Å². The Morgan fingerprint density at radius 1 is 0.633 bits per heavy atom. The largest absolute Gasteiger partial charge is 0.427 e. The smallest absolute Gasteiger partial charge is 0.311 e. The molecule has 0 atom stereocenters. The Kier molecular flexibility index (Phi) is 13.0. The summed E-state index contributed by atoms with van der Waals surface area (Å²) >= 11 is 0. The molecule has 0 aromatic heterocycles. The van der Waals surface area contributed by atoms with Gasteiger partial charge in [0.05, 0.1) is 0 Å². The van der Waals surface area contributed by atoms with Crippen molar-refractivity contribution in [2.75, 3.05) is 0 Å². The highest BCUT2D eigenvalue weighted by molar-refractivity contribution is 5.84. The Morgan fingerprint density at radius 3 is 1.70 bits per heavy atom. The van der Waals surface area contributed by atoms with E-state index in [2.05, 4.69) is 13.0 Å². The third kappa shape index (κ3) is 10.8. The molecular formula is C28H42O2. The van der Waals surface area contributed by atoms with Crippen LogP contribution in [0, 0.1) is 0 Å². The molecule has 2 aromatic rings. The van der Waals surface area contributed by atoms with Crippen LogP contribution in [0.2, 0.25) is 0 Å². The first-order valence-electron chi connectivity index (χ1n) is 12.5. The first-order chi connectivity index (χ1) is 14.8. The molecule has 0 radical (unpaired) electrons. The van der Waals surface area contributed by atoms with Gasteiger partial charge in [0, 0.05) is 6.42 Å². The predicted molar refractivity (Wildman–Crippen MR) is 129 cm³/mol. The van der Waals surface area contributed by atoms with Crippen LogP contribution in [-0.4, -0.2) is 5.97 Å². The second-order valence-electron chi connectivity index (χ2n) is 8.68. The van der Waals surface area contributed by atoms with E-state index in [0.717, 1.165) is 18.2 Å². The van der Waals surface area contributed by atoms with Gasteiger partial charge in [0.2, 0.25) is 0 Å². The van der Waals surface area contributed by atoms with E-state index >= 15 is 0 Å². The van der Waals surface area contributed by atoms with E-state index in [4.69, 9.17) is 4.74 Å². The van der Waals surface area contributed by atoms with Crippen LogP contribution in [0.5, 0.6) is 5.75 Å². The van der Waals surface area contributed by atoms with Crippen molar-refractivity contribution in [3.63, 3.8) is 0 Å². The van der Waals surface area contributed by atoms with Gasteiger partial charge >= 0.3 is 5.97 Å². The van der Waals surface area contributed by atoms with E-state index in [1.165, 1.54) is 88.9 Å². The summed E-state index contributed by atoms with van der Waals surface area (Å²) in [5, 5.41) is 2.27. The van der Waals surface area contributed by atoms with Gasteiger partial charge in [-0.15, -0.1) is 0 Å². The monoisotopic (exact) mass is 410 g/mol. The Labute approximate surface area is 184 Å². The summed E-state index contributed by atoms with van der Waals surface area (Å²) in [7, 11) is 0. The Morgan fingerprint density at radius 2 is 1.13 bits per heavy atom. The van der Waals surface area contributed by atoms with Gasteiger partial charge in [-0.2, -0.15) is 0 Å². The minimum atomic E-state index is -0.111. The molecule has 2 heteroatoms. The highest BCUT2D eigenvalue weighted by atomic mass is 16.5. The number of unbranched alkanes of at least 4 members (excludes halogenated alkanes) is 14. The van der Waals surface area contributed by atoms with E-state index in [9.17, 15) is 4.79 Å². The third-order valence-electron chi connectivity index (χ3n) is 5.94. The van der Waals surface area contributed by atoms with Crippen LogP contribution in [-0.2, 0) is 4.79 Å². The first kappa shape index (κ1) is 24.4. The van der Waals surface area contributed by atoms with Gasteiger partial charge in [0.1, 0.15) is 5.75 Å². The zero-order valence-electron chi connectivity index (χ0n) is 19.2. The molecule has 2 aromatic carbocycles. The molecule has 0 aliphatic carbocycles. The van der Waals surface area contributed by atoms with Gasteiger partial charge in [0.25, 0.3) is 0 Å². The van der Waals surface area contributed by atoms with Crippen molar-refractivity contribution in [2.45, 2.75) is 110 Å². The summed E-state index contributed by atoms with van der Waals surface area (Å²) in [5.41, 5.74) is 0. The van der Waals surface area contributed by atoms with E-state index < -0.39 is 0 Å². The molecule has 0 amide bonds. The Bertz CT molecular complexity index is 707. The van der Waals surface area contributed by atoms with Gasteiger partial charge in [-0.3, -0.25) is 4.79 Å². The number of ether oxygens (including phenoxy) is 1. The van der Waals surface area contributed by atoms with Crippen LogP contribution < -0.4 is 4.74 Å². The molecular weight excluding hydrogens is 368 g/mol. The van der Waals surface area contributed by atoms with Gasteiger partial charge in [0.15, 0.2) is 0 Å². The van der Waals surface area contributed by atoms with Crippen LogP contribution in [0.3, 0.4) is 0 Å². The first-order valence-corrected chi connectivity index (χ1v) is 12.5. The standard InChI is InChI=1S/C28H42O2/c1-2-3-4-5-6-7-8-9-10-11-12-13-14-15-16-21-28(29)30-27-23-22-25-19-17-18-20-26(25)24-27/h17-20,22-24H,2-16,21H2,1H3. The Balaban J connectivity index is 1.39. The number of fused-ring (bicyclic) bond motifs is 1. The summed E-state index contributed by atoms with van der Waals surface area (Å²) in [5.74, 6) is 0.541. The maximum atomic E-state index is 12.1. The highest BCUT2D eigenvalue weighted by Gasteiger charge is 2.05. The topological polar surface area (TPSA) is 26.3 Å². The molecule has 166 valence electrons. The molecule has 30 heavy (non-hydrogen) atoms. The fourth-order valence-corrected chi connectivity index (χ4v) is 4.05. The second-order valence-corrected chi connectivity index (χ2v) is 8.68. The second kappa shape index (κ2) is 15.9. The van der Waals surface area contributed by atoms with Crippen molar-refractivity contribution in [3.05, 3.63) is 42.5 Å². The number of carbonyl (C=O) groups is 1. The summed E-state index contributed by atoms with van der Waals surface area (Å²) in [4.78, 5) is 12.1. The number of hydrogen-bond donors (Lipinski definition) is 0. The van der Waals surface area contributed by atoms with Gasteiger partial charge in [-0.1, -0.05) is 127 Å². The lowest BCUT2D eigenvalue weighted by Crippen LogP contribution is -2.07. The molecule has 0 spiro atoms. The molecule has 0 N–H and O–H groups in total. The third-order valence-corrected chi connectivity index (χ3v) is 5.94. The highest BCUT2D eigenvalue weighted by Crippen LogP contribution is 2.21. The zero-order chi connectivity index (χ0) is 21.3. The maximum absolute atomic E-state index is 12.1. The average Bonchev–Trinajstić information content (AvgIpc) is 2.76. The Hall–Kier alpha value is -1.83. The predicted octanol–water partition coefficient (Wildman–Crippen LogP) is 9.01. The maximum Gasteiger partial charge on any atom is 0.311 e. The quantitative estimate of drug-likeness (QED) is 0.148. The van der Waals surface area contributed by atoms with Gasteiger partial charge in [-0.05, 0) is 29.3 Å². The van der Waals surface area contributed by atoms with Crippen LogP contribution in [0.25, 0.3) is 10.8 Å². The van der Waals surface area contributed by atoms with E-state index in [1.807, 2.05) is 36.4 Å². The average molecular weight is 411 g/mol. The molecule has 0 unspecified atom stereocenters. The van der Waals surface area contributed by atoms with Crippen molar-refractivity contribution in [1.82, 2.24) is 0 Å². The van der Waals surface area contributed by atoms with Gasteiger partial charge < -0.3 is 4.74 Å². The molecule has 2 nitrogen and oxygen atoms in total. The van der Waals surface area contributed by atoms with Crippen molar-refractivity contribution in [2.24, 2.45) is 0 Å². The number of esters is 1. The SMILES string of the molecule is CCCCCCCCCCCCCCCCCC(=O)Oc1ccc2ccccc2c1. The van der Waals surface area contributed by atoms with Crippen molar-refractivity contribution < 1.29 is 9.53 Å². The molecule has 0 aliphatic rings. The van der Waals surface area contributed by atoms with Crippen molar-refractivity contribution >= 4 is 16.7 Å². The molecule has 0 aliphatic heterocycles. The van der Waals surface area contributed by atoms with Crippen LogP contribution >= 0.6 is 0 Å². The van der Waals surface area contributed by atoms with Gasteiger partial charge in [-0.25, -0.2) is 0 Å². The summed E-state index contributed by atoms with van der Waals surface area (Å²) in [6.45, 7) is 2.28. The fourth-order valence-electron chi connectivity index (χ4n) is 4.05. The zero-order valence-corrected chi connectivity index (χ0v) is 19.2. The fraction of sp³-hybridized carbons (Fsp3) is 0.607. The molecule has 0 saturated heterocycles.